The zero-order chi connectivity index (χ0) is 20.1. The van der Waals surface area contributed by atoms with E-state index in [9.17, 15) is 9.59 Å². The Morgan fingerprint density at radius 3 is 2.69 bits per heavy atom. The molecule has 7 heteroatoms. The van der Waals surface area contributed by atoms with Gasteiger partial charge in [-0.25, -0.2) is 4.98 Å². The first-order valence-corrected chi connectivity index (χ1v) is 9.94. The molecule has 0 unspecified atom stereocenters. The van der Waals surface area contributed by atoms with Gasteiger partial charge in [-0.05, 0) is 43.4 Å². The van der Waals surface area contributed by atoms with E-state index in [-0.39, 0.29) is 18.4 Å². The summed E-state index contributed by atoms with van der Waals surface area (Å²) >= 11 is 0. The van der Waals surface area contributed by atoms with Gasteiger partial charge in [-0.2, -0.15) is 0 Å². The van der Waals surface area contributed by atoms with Crippen LogP contribution in [0.25, 0.3) is 0 Å². The van der Waals surface area contributed by atoms with Crippen LogP contribution in [0, 0.1) is 0 Å². The summed E-state index contributed by atoms with van der Waals surface area (Å²) in [6.07, 6.45) is 5.02. The van der Waals surface area contributed by atoms with Crippen LogP contribution in [0.1, 0.15) is 51.0 Å². The Morgan fingerprint density at radius 1 is 1.03 bits per heavy atom. The van der Waals surface area contributed by atoms with Crippen molar-refractivity contribution in [3.05, 3.63) is 77.3 Å². The van der Waals surface area contributed by atoms with Crippen molar-refractivity contribution in [2.45, 2.75) is 38.8 Å². The molecule has 3 heterocycles. The molecule has 0 bridgehead atoms. The summed E-state index contributed by atoms with van der Waals surface area (Å²) in [5, 5.41) is 5.76. The van der Waals surface area contributed by atoms with E-state index in [2.05, 4.69) is 15.6 Å². The maximum absolute atomic E-state index is 12.7. The van der Waals surface area contributed by atoms with E-state index in [0.717, 1.165) is 36.9 Å². The molecule has 0 spiro atoms. The van der Waals surface area contributed by atoms with Crippen LogP contribution in [0.3, 0.4) is 0 Å². The molecule has 0 aliphatic carbocycles. The number of furan rings is 1. The van der Waals surface area contributed by atoms with Gasteiger partial charge in [-0.3, -0.25) is 9.59 Å². The predicted octanol–water partition coefficient (Wildman–Crippen LogP) is 2.71. The first kappa shape index (κ1) is 19.0. The number of carbonyl (C=O) groups is 2. The largest absolute Gasteiger partial charge is 0.467 e. The number of hydrogen-bond acceptors (Lipinski definition) is 4. The Hall–Kier alpha value is -3.35. The highest BCUT2D eigenvalue weighted by Crippen LogP contribution is 2.21. The van der Waals surface area contributed by atoms with Crippen molar-refractivity contribution in [1.82, 2.24) is 20.2 Å². The summed E-state index contributed by atoms with van der Waals surface area (Å²) in [4.78, 5) is 29.9. The number of aromatic nitrogens is 2. The fourth-order valence-electron chi connectivity index (χ4n) is 3.61. The van der Waals surface area contributed by atoms with Crippen LogP contribution in [0.4, 0.5) is 0 Å². The molecule has 1 aromatic carbocycles. The number of rotatable bonds is 7. The van der Waals surface area contributed by atoms with Gasteiger partial charge >= 0.3 is 0 Å². The molecule has 2 N–H and O–H groups in total. The Labute approximate surface area is 169 Å². The highest BCUT2D eigenvalue weighted by Gasteiger charge is 2.27. The molecule has 0 saturated carbocycles. The van der Waals surface area contributed by atoms with Crippen molar-refractivity contribution in [3.63, 3.8) is 0 Å². The molecule has 0 atom stereocenters. The standard InChI is InChI=1S/C22H24N4O3/c27-21(24-15-17-9-6-14-29-17)19-18-10-4-5-13-26(18)20(25-19)22(28)23-12-11-16-7-2-1-3-8-16/h1-3,6-9,14H,4-5,10-13,15H2,(H,23,28)(H,24,27). The first-order valence-electron chi connectivity index (χ1n) is 9.94. The number of hydrogen-bond donors (Lipinski definition) is 2. The molecule has 0 fully saturated rings. The average Bonchev–Trinajstić information content (AvgIpc) is 3.41. The summed E-state index contributed by atoms with van der Waals surface area (Å²) in [6.45, 7) is 1.51. The molecule has 2 amide bonds. The number of benzene rings is 1. The monoisotopic (exact) mass is 392 g/mol. The van der Waals surface area contributed by atoms with Crippen molar-refractivity contribution in [2.24, 2.45) is 0 Å². The van der Waals surface area contributed by atoms with Gasteiger partial charge in [0.25, 0.3) is 11.8 Å². The molecule has 7 nitrogen and oxygen atoms in total. The van der Waals surface area contributed by atoms with E-state index in [4.69, 9.17) is 4.42 Å². The van der Waals surface area contributed by atoms with Crippen LogP contribution >= 0.6 is 0 Å². The lowest BCUT2D eigenvalue weighted by Crippen LogP contribution is -2.29. The zero-order valence-corrected chi connectivity index (χ0v) is 16.2. The second kappa shape index (κ2) is 8.77. The third-order valence-corrected chi connectivity index (χ3v) is 5.08. The van der Waals surface area contributed by atoms with Gasteiger partial charge < -0.3 is 19.6 Å². The summed E-state index contributed by atoms with van der Waals surface area (Å²) in [6, 6.07) is 13.6. The van der Waals surface area contributed by atoms with Gasteiger partial charge in [-0.1, -0.05) is 30.3 Å². The minimum atomic E-state index is -0.282. The minimum Gasteiger partial charge on any atom is -0.467 e. The first-order chi connectivity index (χ1) is 14.2. The lowest BCUT2D eigenvalue weighted by Gasteiger charge is -2.17. The molecule has 2 aromatic heterocycles. The fourth-order valence-corrected chi connectivity index (χ4v) is 3.61. The van der Waals surface area contributed by atoms with Crippen molar-refractivity contribution in [1.29, 1.82) is 0 Å². The van der Waals surface area contributed by atoms with E-state index in [1.807, 2.05) is 34.9 Å². The van der Waals surface area contributed by atoms with E-state index in [0.29, 0.717) is 30.4 Å². The second-order valence-electron chi connectivity index (χ2n) is 7.09. The summed E-state index contributed by atoms with van der Waals surface area (Å²) in [7, 11) is 0. The summed E-state index contributed by atoms with van der Waals surface area (Å²) in [5.41, 5.74) is 2.34. The third kappa shape index (κ3) is 4.39. The second-order valence-corrected chi connectivity index (χ2v) is 7.09. The van der Waals surface area contributed by atoms with Crippen LogP contribution < -0.4 is 10.6 Å². The number of nitrogens with zero attached hydrogens (tertiary/aromatic N) is 2. The number of imidazole rings is 1. The SMILES string of the molecule is O=C(NCc1ccco1)c1nc(C(=O)NCCc2ccccc2)n2c1CCCC2. The van der Waals surface area contributed by atoms with Gasteiger partial charge in [0.1, 0.15) is 11.5 Å². The zero-order valence-electron chi connectivity index (χ0n) is 16.2. The maximum Gasteiger partial charge on any atom is 0.287 e. The number of amides is 2. The Morgan fingerprint density at radius 2 is 1.90 bits per heavy atom. The van der Waals surface area contributed by atoms with Gasteiger partial charge in [0, 0.05) is 13.1 Å². The third-order valence-electron chi connectivity index (χ3n) is 5.08. The molecular formula is C22H24N4O3. The van der Waals surface area contributed by atoms with Gasteiger partial charge in [0.05, 0.1) is 18.5 Å². The normalized spacial score (nSPS) is 13.0. The Kier molecular flexibility index (Phi) is 5.74. The van der Waals surface area contributed by atoms with Crippen LogP contribution in [0.2, 0.25) is 0 Å². The van der Waals surface area contributed by atoms with Gasteiger partial charge in [0.2, 0.25) is 0 Å². The molecule has 1 aliphatic rings. The van der Waals surface area contributed by atoms with Gasteiger partial charge in [0.15, 0.2) is 5.82 Å². The Balaban J connectivity index is 1.45. The van der Waals surface area contributed by atoms with E-state index in [1.165, 1.54) is 0 Å². The van der Waals surface area contributed by atoms with Crippen molar-refractivity contribution >= 4 is 11.8 Å². The van der Waals surface area contributed by atoms with Crippen molar-refractivity contribution < 1.29 is 14.0 Å². The molecule has 0 radical (unpaired) electrons. The molecule has 0 saturated heterocycles. The van der Waals surface area contributed by atoms with E-state index < -0.39 is 0 Å². The molecule has 29 heavy (non-hydrogen) atoms. The Bertz CT molecular complexity index is 977. The fraction of sp³-hybridized carbons (Fsp3) is 0.318. The molecule has 3 aromatic rings. The molecule has 150 valence electrons. The molecular weight excluding hydrogens is 368 g/mol. The lowest BCUT2D eigenvalue weighted by atomic mass is 10.1. The van der Waals surface area contributed by atoms with Crippen molar-refractivity contribution in [2.75, 3.05) is 6.54 Å². The van der Waals surface area contributed by atoms with Crippen molar-refractivity contribution in [3.8, 4) is 0 Å². The average molecular weight is 392 g/mol. The number of carbonyl (C=O) groups excluding carboxylic acids is 2. The summed E-state index contributed by atoms with van der Waals surface area (Å²) in [5.74, 6) is 0.464. The highest BCUT2D eigenvalue weighted by atomic mass is 16.3. The predicted molar refractivity (Wildman–Crippen MR) is 108 cm³/mol. The van der Waals surface area contributed by atoms with Crippen LogP contribution in [0.5, 0.6) is 0 Å². The smallest absolute Gasteiger partial charge is 0.287 e. The van der Waals surface area contributed by atoms with Crippen LogP contribution in [-0.4, -0.2) is 27.9 Å². The topological polar surface area (TPSA) is 89.2 Å². The maximum atomic E-state index is 12.7. The van der Waals surface area contributed by atoms with Gasteiger partial charge in [-0.15, -0.1) is 0 Å². The van der Waals surface area contributed by atoms with E-state index >= 15 is 0 Å². The van der Waals surface area contributed by atoms with Crippen LogP contribution in [-0.2, 0) is 25.9 Å². The van der Waals surface area contributed by atoms with Crippen LogP contribution in [0.15, 0.2) is 53.1 Å². The number of fused-ring (bicyclic) bond motifs is 1. The lowest BCUT2D eigenvalue weighted by molar-refractivity contribution is 0.0938. The summed E-state index contributed by atoms with van der Waals surface area (Å²) < 4.78 is 7.14. The quantitative estimate of drug-likeness (QED) is 0.647. The van der Waals surface area contributed by atoms with E-state index in [1.54, 1.807) is 18.4 Å². The highest BCUT2D eigenvalue weighted by molar-refractivity contribution is 5.97. The molecule has 4 rings (SSSR count). The minimum absolute atomic E-state index is 0.242. The molecule has 1 aliphatic heterocycles. The number of nitrogens with one attached hydrogen (secondary N) is 2.